The minimum absolute atomic E-state index is 0.214. The van der Waals surface area contributed by atoms with Gasteiger partial charge < -0.3 is 10.4 Å². The van der Waals surface area contributed by atoms with E-state index in [2.05, 4.69) is 5.32 Å². The fraction of sp³-hybridized carbons (Fsp3) is 0.889. The lowest BCUT2D eigenvalue weighted by Gasteiger charge is -2.18. The highest BCUT2D eigenvalue weighted by Gasteiger charge is 2.28. The number of hydroxylamine groups is 2. The van der Waals surface area contributed by atoms with Gasteiger partial charge in [0.2, 0.25) is 0 Å². The van der Waals surface area contributed by atoms with Crippen LogP contribution >= 0.6 is 0 Å². The van der Waals surface area contributed by atoms with Crippen molar-refractivity contribution in [3.63, 3.8) is 0 Å². The van der Waals surface area contributed by atoms with Gasteiger partial charge in [0.05, 0.1) is 6.54 Å². The van der Waals surface area contributed by atoms with Crippen LogP contribution in [0.25, 0.3) is 0 Å². The first-order valence-electron chi connectivity index (χ1n) is 5.15. The van der Waals surface area contributed by atoms with Crippen LogP contribution in [0.2, 0.25) is 0 Å². The number of urea groups is 1. The fourth-order valence-corrected chi connectivity index (χ4v) is 1.93. The van der Waals surface area contributed by atoms with Crippen LogP contribution in [0, 0.1) is 0 Å². The largest absolute Gasteiger partial charge is 0.389 e. The number of amides is 2. The van der Waals surface area contributed by atoms with E-state index in [1.807, 2.05) is 0 Å². The molecule has 0 spiro atoms. The summed E-state index contributed by atoms with van der Waals surface area (Å²) in [6.45, 7) is 0.497. The standard InChI is InChI=1S/C9H16N2O3/c12-8-5-11(14-6-8)9(13)10-7-3-1-2-4-7/h7-8,12H,1-6H2,(H,10,13)/t8-/m0/s1. The number of nitrogens with zero attached hydrogens (tertiary/aromatic N) is 1. The molecule has 1 heterocycles. The molecule has 1 atom stereocenters. The molecule has 14 heavy (non-hydrogen) atoms. The van der Waals surface area contributed by atoms with Crippen molar-refractivity contribution in [1.82, 2.24) is 10.4 Å². The van der Waals surface area contributed by atoms with E-state index in [0.717, 1.165) is 12.8 Å². The molecular weight excluding hydrogens is 184 g/mol. The van der Waals surface area contributed by atoms with Crippen LogP contribution in [0.1, 0.15) is 25.7 Å². The van der Waals surface area contributed by atoms with Crippen molar-refractivity contribution < 1.29 is 14.7 Å². The monoisotopic (exact) mass is 200 g/mol. The molecule has 0 radical (unpaired) electrons. The van der Waals surface area contributed by atoms with Crippen molar-refractivity contribution in [2.45, 2.75) is 37.8 Å². The number of carbonyl (C=O) groups excluding carboxylic acids is 1. The average Bonchev–Trinajstić information content (AvgIpc) is 2.75. The lowest BCUT2D eigenvalue weighted by Crippen LogP contribution is -2.42. The summed E-state index contributed by atoms with van der Waals surface area (Å²) in [6, 6.07) is 0.0808. The lowest BCUT2D eigenvalue weighted by molar-refractivity contribution is -0.0685. The summed E-state index contributed by atoms with van der Waals surface area (Å²) in [7, 11) is 0. The number of carbonyl (C=O) groups is 1. The Labute approximate surface area is 83.0 Å². The third-order valence-corrected chi connectivity index (χ3v) is 2.71. The van der Waals surface area contributed by atoms with Crippen molar-refractivity contribution in [1.29, 1.82) is 0 Å². The molecule has 1 saturated heterocycles. The molecule has 0 aromatic rings. The highest BCUT2D eigenvalue weighted by molar-refractivity contribution is 5.73. The number of hydrogen-bond donors (Lipinski definition) is 2. The van der Waals surface area contributed by atoms with Gasteiger partial charge in [-0.3, -0.25) is 4.84 Å². The third kappa shape index (κ3) is 2.16. The molecule has 5 nitrogen and oxygen atoms in total. The highest BCUT2D eigenvalue weighted by Crippen LogP contribution is 2.18. The maximum Gasteiger partial charge on any atom is 0.341 e. The first-order chi connectivity index (χ1) is 6.75. The molecule has 0 aromatic heterocycles. The summed E-state index contributed by atoms with van der Waals surface area (Å²) in [5, 5.41) is 13.3. The molecule has 0 bridgehead atoms. The van der Waals surface area contributed by atoms with Gasteiger partial charge in [0.15, 0.2) is 0 Å². The minimum atomic E-state index is -0.538. The van der Waals surface area contributed by atoms with Crippen LogP contribution in [0.4, 0.5) is 4.79 Å². The zero-order chi connectivity index (χ0) is 9.97. The zero-order valence-electron chi connectivity index (χ0n) is 8.11. The van der Waals surface area contributed by atoms with Gasteiger partial charge in [0.1, 0.15) is 12.7 Å². The molecule has 5 heteroatoms. The molecule has 2 aliphatic rings. The van der Waals surface area contributed by atoms with E-state index in [0.29, 0.717) is 6.04 Å². The Morgan fingerprint density at radius 1 is 1.43 bits per heavy atom. The van der Waals surface area contributed by atoms with Crippen LogP contribution in [-0.4, -0.2) is 41.5 Å². The molecular formula is C9H16N2O3. The Balaban J connectivity index is 1.77. The van der Waals surface area contributed by atoms with Crippen molar-refractivity contribution in [2.75, 3.05) is 13.2 Å². The molecule has 2 amide bonds. The van der Waals surface area contributed by atoms with Gasteiger partial charge in [-0.2, -0.15) is 0 Å². The second-order valence-electron chi connectivity index (χ2n) is 3.94. The van der Waals surface area contributed by atoms with Crippen molar-refractivity contribution in [3.05, 3.63) is 0 Å². The molecule has 2 fully saturated rings. The molecule has 1 aliphatic carbocycles. The van der Waals surface area contributed by atoms with E-state index in [1.54, 1.807) is 0 Å². The summed E-state index contributed by atoms with van der Waals surface area (Å²) < 4.78 is 0. The molecule has 0 aromatic carbocycles. The normalized spacial score (nSPS) is 28.4. The maximum atomic E-state index is 11.5. The van der Waals surface area contributed by atoms with Gasteiger partial charge in [-0.25, -0.2) is 9.86 Å². The van der Waals surface area contributed by atoms with Crippen molar-refractivity contribution in [3.8, 4) is 0 Å². The Morgan fingerprint density at radius 2 is 2.14 bits per heavy atom. The molecule has 1 aliphatic heterocycles. The van der Waals surface area contributed by atoms with Gasteiger partial charge in [0.25, 0.3) is 0 Å². The van der Waals surface area contributed by atoms with Gasteiger partial charge >= 0.3 is 6.03 Å². The van der Waals surface area contributed by atoms with E-state index in [4.69, 9.17) is 9.94 Å². The number of rotatable bonds is 1. The van der Waals surface area contributed by atoms with Crippen LogP contribution in [0.5, 0.6) is 0 Å². The summed E-state index contributed by atoms with van der Waals surface area (Å²) >= 11 is 0. The van der Waals surface area contributed by atoms with Crippen LogP contribution in [0.3, 0.4) is 0 Å². The average molecular weight is 200 g/mol. The maximum absolute atomic E-state index is 11.5. The topological polar surface area (TPSA) is 61.8 Å². The molecule has 2 rings (SSSR count). The van der Waals surface area contributed by atoms with Crippen LogP contribution < -0.4 is 5.32 Å². The summed E-state index contributed by atoms with van der Waals surface area (Å²) in [6.07, 6.45) is 3.96. The number of aliphatic hydroxyl groups excluding tert-OH is 1. The number of nitrogens with one attached hydrogen (secondary N) is 1. The van der Waals surface area contributed by atoms with Gasteiger partial charge in [0, 0.05) is 6.04 Å². The smallest absolute Gasteiger partial charge is 0.341 e. The van der Waals surface area contributed by atoms with Gasteiger partial charge in [-0.05, 0) is 12.8 Å². The van der Waals surface area contributed by atoms with Gasteiger partial charge in [-0.1, -0.05) is 12.8 Å². The molecule has 2 N–H and O–H groups in total. The van der Waals surface area contributed by atoms with Crippen molar-refractivity contribution in [2.24, 2.45) is 0 Å². The van der Waals surface area contributed by atoms with E-state index in [1.165, 1.54) is 17.9 Å². The number of aliphatic hydroxyl groups is 1. The quantitative estimate of drug-likeness (QED) is 0.637. The Morgan fingerprint density at radius 3 is 2.71 bits per heavy atom. The van der Waals surface area contributed by atoms with E-state index >= 15 is 0 Å². The number of β-amino-alcohol motifs (C(OH)–C–C–N with tert-alkyl or cyclic N) is 1. The molecule has 1 saturated carbocycles. The van der Waals surface area contributed by atoms with Gasteiger partial charge in [-0.15, -0.1) is 0 Å². The summed E-state index contributed by atoms with van der Waals surface area (Å²) in [5.41, 5.74) is 0. The Kier molecular flexibility index (Phi) is 2.88. The Bertz CT molecular complexity index is 216. The third-order valence-electron chi connectivity index (χ3n) is 2.71. The summed E-state index contributed by atoms with van der Waals surface area (Å²) in [4.78, 5) is 16.5. The van der Waals surface area contributed by atoms with E-state index in [-0.39, 0.29) is 19.2 Å². The second-order valence-corrected chi connectivity index (χ2v) is 3.94. The van der Waals surface area contributed by atoms with E-state index < -0.39 is 6.10 Å². The molecule has 0 unspecified atom stereocenters. The minimum Gasteiger partial charge on any atom is -0.389 e. The first-order valence-corrected chi connectivity index (χ1v) is 5.15. The SMILES string of the molecule is O=C(NC1CCCC1)N1C[C@H](O)CO1. The second kappa shape index (κ2) is 4.14. The highest BCUT2D eigenvalue weighted by atomic mass is 16.7. The van der Waals surface area contributed by atoms with Crippen molar-refractivity contribution >= 4 is 6.03 Å². The van der Waals surface area contributed by atoms with Crippen LogP contribution in [0.15, 0.2) is 0 Å². The first kappa shape index (κ1) is 9.73. The fourth-order valence-electron chi connectivity index (χ4n) is 1.93. The zero-order valence-corrected chi connectivity index (χ0v) is 8.11. The lowest BCUT2D eigenvalue weighted by atomic mass is 10.2. The summed E-state index contributed by atoms with van der Waals surface area (Å²) in [5.74, 6) is 0. The predicted octanol–water partition coefficient (Wildman–Crippen LogP) is 0.247. The van der Waals surface area contributed by atoms with E-state index in [9.17, 15) is 4.79 Å². The molecule has 80 valence electrons. The predicted molar refractivity (Wildman–Crippen MR) is 49.5 cm³/mol. The number of hydrogen-bond acceptors (Lipinski definition) is 3. The Hall–Kier alpha value is -0.810. The van der Waals surface area contributed by atoms with Crippen LogP contribution in [-0.2, 0) is 4.84 Å².